The Labute approximate surface area is 99.1 Å². The van der Waals surface area contributed by atoms with Crippen molar-refractivity contribution in [2.24, 2.45) is 0 Å². The third kappa shape index (κ3) is 3.25. The topological polar surface area (TPSA) is 86.7 Å². The monoisotopic (exact) mass is 233 g/mol. The number of aromatic amines is 1. The molecule has 0 fully saturated rings. The van der Waals surface area contributed by atoms with Gasteiger partial charge in [0.1, 0.15) is 17.9 Å². The van der Waals surface area contributed by atoms with Crippen LogP contribution < -0.4 is 5.32 Å². The summed E-state index contributed by atoms with van der Waals surface area (Å²) in [7, 11) is 0. The standard InChI is InChI=1S/C11H15N5O/c1-8-2-3-10(17)9(15-8)6-12-5-4-11-13-7-14-16-11/h2-3,7,12,17H,4-6H2,1H3,(H,13,14,16). The summed E-state index contributed by atoms with van der Waals surface area (Å²) in [6, 6.07) is 3.45. The van der Waals surface area contributed by atoms with E-state index in [0.29, 0.717) is 12.2 Å². The lowest BCUT2D eigenvalue weighted by molar-refractivity contribution is 0.459. The van der Waals surface area contributed by atoms with Gasteiger partial charge < -0.3 is 10.4 Å². The van der Waals surface area contributed by atoms with Gasteiger partial charge in [-0.1, -0.05) is 0 Å². The number of rotatable bonds is 5. The largest absolute Gasteiger partial charge is 0.506 e. The summed E-state index contributed by atoms with van der Waals surface area (Å²) in [6.45, 7) is 3.20. The van der Waals surface area contributed by atoms with Crippen LogP contribution in [0.3, 0.4) is 0 Å². The molecule has 2 heterocycles. The molecule has 0 bridgehead atoms. The zero-order valence-electron chi connectivity index (χ0n) is 9.64. The number of H-pyrrole nitrogens is 1. The third-order valence-corrected chi connectivity index (χ3v) is 2.39. The summed E-state index contributed by atoms with van der Waals surface area (Å²) in [6.07, 6.45) is 2.26. The summed E-state index contributed by atoms with van der Waals surface area (Å²) >= 11 is 0. The Morgan fingerprint density at radius 2 is 2.29 bits per heavy atom. The number of aryl methyl sites for hydroxylation is 1. The molecule has 3 N–H and O–H groups in total. The van der Waals surface area contributed by atoms with Gasteiger partial charge in [-0.2, -0.15) is 5.10 Å². The molecular weight excluding hydrogens is 218 g/mol. The number of nitrogens with zero attached hydrogens (tertiary/aromatic N) is 3. The summed E-state index contributed by atoms with van der Waals surface area (Å²) in [5.74, 6) is 1.07. The fourth-order valence-electron chi connectivity index (χ4n) is 1.50. The molecule has 0 spiro atoms. The van der Waals surface area contributed by atoms with Crippen LogP contribution in [0.4, 0.5) is 0 Å². The van der Waals surface area contributed by atoms with Gasteiger partial charge in [-0.25, -0.2) is 4.98 Å². The predicted molar refractivity (Wildman–Crippen MR) is 62.4 cm³/mol. The van der Waals surface area contributed by atoms with Crippen LogP contribution in [-0.2, 0) is 13.0 Å². The van der Waals surface area contributed by atoms with Crippen molar-refractivity contribution in [2.75, 3.05) is 6.54 Å². The van der Waals surface area contributed by atoms with Crippen molar-refractivity contribution in [3.8, 4) is 5.75 Å². The summed E-state index contributed by atoms with van der Waals surface area (Å²) in [5, 5.41) is 19.3. The molecule has 0 unspecified atom stereocenters. The van der Waals surface area contributed by atoms with Crippen LogP contribution in [0.15, 0.2) is 18.5 Å². The second-order valence-electron chi connectivity index (χ2n) is 3.78. The Hall–Kier alpha value is -1.95. The highest BCUT2D eigenvalue weighted by atomic mass is 16.3. The summed E-state index contributed by atoms with van der Waals surface area (Å²) in [4.78, 5) is 8.28. The Balaban J connectivity index is 1.80. The van der Waals surface area contributed by atoms with E-state index in [1.54, 1.807) is 12.1 Å². The van der Waals surface area contributed by atoms with E-state index in [1.165, 1.54) is 6.33 Å². The first-order valence-electron chi connectivity index (χ1n) is 5.46. The van der Waals surface area contributed by atoms with E-state index >= 15 is 0 Å². The van der Waals surface area contributed by atoms with E-state index in [9.17, 15) is 5.11 Å². The van der Waals surface area contributed by atoms with Crippen molar-refractivity contribution < 1.29 is 5.11 Å². The highest BCUT2D eigenvalue weighted by Gasteiger charge is 2.02. The summed E-state index contributed by atoms with van der Waals surface area (Å²) in [5.41, 5.74) is 1.57. The zero-order valence-corrected chi connectivity index (χ0v) is 9.64. The lowest BCUT2D eigenvalue weighted by Gasteiger charge is -2.06. The smallest absolute Gasteiger partial charge is 0.138 e. The van der Waals surface area contributed by atoms with Crippen LogP contribution in [-0.4, -0.2) is 31.8 Å². The number of hydrogen-bond acceptors (Lipinski definition) is 5. The van der Waals surface area contributed by atoms with Crippen LogP contribution in [0.1, 0.15) is 17.2 Å². The first-order valence-corrected chi connectivity index (χ1v) is 5.46. The normalized spacial score (nSPS) is 10.6. The number of aromatic nitrogens is 4. The van der Waals surface area contributed by atoms with Gasteiger partial charge in [0.05, 0.1) is 5.69 Å². The quantitative estimate of drug-likeness (QED) is 0.656. The molecule has 6 nitrogen and oxygen atoms in total. The Morgan fingerprint density at radius 3 is 3.06 bits per heavy atom. The lowest BCUT2D eigenvalue weighted by Crippen LogP contribution is -2.18. The minimum Gasteiger partial charge on any atom is -0.506 e. The molecule has 0 radical (unpaired) electrons. The number of pyridine rings is 1. The van der Waals surface area contributed by atoms with Gasteiger partial charge >= 0.3 is 0 Å². The lowest BCUT2D eigenvalue weighted by atomic mass is 10.3. The molecule has 0 saturated carbocycles. The zero-order chi connectivity index (χ0) is 12.1. The maximum Gasteiger partial charge on any atom is 0.138 e. The van der Waals surface area contributed by atoms with E-state index in [0.717, 1.165) is 24.5 Å². The Morgan fingerprint density at radius 1 is 1.41 bits per heavy atom. The van der Waals surface area contributed by atoms with Gasteiger partial charge in [0.25, 0.3) is 0 Å². The first kappa shape index (κ1) is 11.5. The molecule has 2 rings (SSSR count). The second-order valence-corrected chi connectivity index (χ2v) is 3.78. The highest BCUT2D eigenvalue weighted by molar-refractivity contribution is 5.27. The minimum atomic E-state index is 0.225. The fourth-order valence-corrected chi connectivity index (χ4v) is 1.50. The van der Waals surface area contributed by atoms with Crippen molar-refractivity contribution in [1.29, 1.82) is 0 Å². The molecule has 6 heteroatoms. The van der Waals surface area contributed by atoms with E-state index in [-0.39, 0.29) is 5.75 Å². The van der Waals surface area contributed by atoms with Gasteiger partial charge in [0.15, 0.2) is 0 Å². The number of aromatic hydroxyl groups is 1. The number of hydrogen-bond donors (Lipinski definition) is 3. The van der Waals surface area contributed by atoms with E-state index in [1.807, 2.05) is 6.92 Å². The van der Waals surface area contributed by atoms with Crippen molar-refractivity contribution in [3.63, 3.8) is 0 Å². The van der Waals surface area contributed by atoms with E-state index in [2.05, 4.69) is 25.5 Å². The molecular formula is C11H15N5O. The average Bonchev–Trinajstić information content (AvgIpc) is 2.82. The summed E-state index contributed by atoms with van der Waals surface area (Å²) < 4.78 is 0. The van der Waals surface area contributed by atoms with Crippen LogP contribution in [0.2, 0.25) is 0 Å². The first-order chi connectivity index (χ1) is 8.25. The van der Waals surface area contributed by atoms with E-state index in [4.69, 9.17) is 0 Å². The molecule has 17 heavy (non-hydrogen) atoms. The SMILES string of the molecule is Cc1ccc(O)c(CNCCc2ncn[nH]2)n1. The van der Waals surface area contributed by atoms with Gasteiger partial charge in [0, 0.05) is 25.2 Å². The molecule has 2 aromatic heterocycles. The molecule has 0 aliphatic rings. The molecule has 0 aromatic carbocycles. The molecule has 2 aromatic rings. The van der Waals surface area contributed by atoms with Crippen molar-refractivity contribution >= 4 is 0 Å². The maximum atomic E-state index is 9.59. The molecule has 0 atom stereocenters. The molecule has 0 amide bonds. The fraction of sp³-hybridized carbons (Fsp3) is 0.364. The van der Waals surface area contributed by atoms with Crippen molar-refractivity contribution in [2.45, 2.75) is 19.9 Å². The van der Waals surface area contributed by atoms with Crippen LogP contribution in [0.5, 0.6) is 5.75 Å². The molecule has 0 aliphatic carbocycles. The predicted octanol–water partition coefficient (Wildman–Crippen LogP) is 0.546. The van der Waals surface area contributed by atoms with Crippen molar-refractivity contribution in [1.82, 2.24) is 25.5 Å². The average molecular weight is 233 g/mol. The second kappa shape index (κ2) is 5.40. The minimum absolute atomic E-state index is 0.225. The molecule has 0 aliphatic heterocycles. The highest BCUT2D eigenvalue weighted by Crippen LogP contribution is 2.13. The van der Waals surface area contributed by atoms with E-state index < -0.39 is 0 Å². The van der Waals surface area contributed by atoms with Gasteiger partial charge in [-0.05, 0) is 19.1 Å². The number of nitrogens with one attached hydrogen (secondary N) is 2. The van der Waals surface area contributed by atoms with Gasteiger partial charge in [-0.15, -0.1) is 0 Å². The van der Waals surface area contributed by atoms with Crippen LogP contribution in [0.25, 0.3) is 0 Å². The van der Waals surface area contributed by atoms with Crippen molar-refractivity contribution in [3.05, 3.63) is 35.7 Å². The van der Waals surface area contributed by atoms with Gasteiger partial charge in [0.2, 0.25) is 0 Å². The van der Waals surface area contributed by atoms with Crippen LogP contribution in [0, 0.1) is 6.92 Å². The third-order valence-electron chi connectivity index (χ3n) is 2.39. The Kier molecular flexibility index (Phi) is 3.66. The van der Waals surface area contributed by atoms with Crippen LogP contribution >= 0.6 is 0 Å². The van der Waals surface area contributed by atoms with Gasteiger partial charge in [-0.3, -0.25) is 10.1 Å². The molecule has 90 valence electrons. The Bertz CT molecular complexity index is 469. The maximum absolute atomic E-state index is 9.59. The molecule has 0 saturated heterocycles.